The minimum absolute atomic E-state index is 0.0393. The SMILES string of the molecule is CCCCOc1ccc(NC(=O)NN=Cc2ccc(O)c(OC)c2)cc1. The lowest BCUT2D eigenvalue weighted by atomic mass is 10.2. The third kappa shape index (κ3) is 6.01. The largest absolute Gasteiger partial charge is 0.504 e. The van der Waals surface area contributed by atoms with E-state index in [1.165, 1.54) is 19.4 Å². The van der Waals surface area contributed by atoms with Gasteiger partial charge in [0, 0.05) is 5.69 Å². The van der Waals surface area contributed by atoms with Crippen LogP contribution in [0.3, 0.4) is 0 Å². The summed E-state index contributed by atoms with van der Waals surface area (Å²) in [6.07, 6.45) is 3.54. The summed E-state index contributed by atoms with van der Waals surface area (Å²) < 4.78 is 10.6. The number of phenolic OH excluding ortho intramolecular Hbond substituents is 1. The first kappa shape index (κ1) is 19.1. The molecule has 0 unspecified atom stereocenters. The molecule has 0 bridgehead atoms. The Morgan fingerprint density at radius 1 is 1.23 bits per heavy atom. The molecule has 0 aliphatic rings. The Morgan fingerprint density at radius 2 is 2.00 bits per heavy atom. The molecule has 2 amide bonds. The van der Waals surface area contributed by atoms with Crippen LogP contribution in [0.4, 0.5) is 10.5 Å². The quantitative estimate of drug-likeness (QED) is 0.381. The Bertz CT molecular complexity index is 745. The van der Waals surface area contributed by atoms with E-state index in [0.717, 1.165) is 18.6 Å². The number of hydrogen-bond donors (Lipinski definition) is 3. The summed E-state index contributed by atoms with van der Waals surface area (Å²) in [6, 6.07) is 11.4. The van der Waals surface area contributed by atoms with Gasteiger partial charge in [-0.15, -0.1) is 0 Å². The summed E-state index contributed by atoms with van der Waals surface area (Å²) in [7, 11) is 1.46. The van der Waals surface area contributed by atoms with Crippen molar-refractivity contribution in [2.24, 2.45) is 5.10 Å². The van der Waals surface area contributed by atoms with E-state index in [0.29, 0.717) is 23.6 Å². The van der Waals surface area contributed by atoms with Crippen molar-refractivity contribution in [3.8, 4) is 17.2 Å². The Balaban J connectivity index is 1.83. The number of phenols is 1. The molecule has 7 nitrogen and oxygen atoms in total. The second kappa shape index (κ2) is 9.93. The zero-order valence-electron chi connectivity index (χ0n) is 14.9. The maximum absolute atomic E-state index is 11.8. The molecule has 2 aromatic carbocycles. The van der Waals surface area contributed by atoms with Crippen LogP contribution in [0.2, 0.25) is 0 Å². The van der Waals surface area contributed by atoms with E-state index in [1.807, 2.05) is 0 Å². The van der Waals surface area contributed by atoms with Gasteiger partial charge in [0.2, 0.25) is 0 Å². The average Bonchev–Trinajstić information content (AvgIpc) is 2.64. The van der Waals surface area contributed by atoms with Gasteiger partial charge in [-0.3, -0.25) is 0 Å². The molecule has 26 heavy (non-hydrogen) atoms. The number of carbonyl (C=O) groups is 1. The molecule has 0 aromatic heterocycles. The van der Waals surface area contributed by atoms with E-state index < -0.39 is 6.03 Å². The number of amides is 2. The van der Waals surface area contributed by atoms with Gasteiger partial charge in [0.1, 0.15) is 5.75 Å². The summed E-state index contributed by atoms with van der Waals surface area (Å²) in [4.78, 5) is 11.8. The van der Waals surface area contributed by atoms with Gasteiger partial charge in [-0.2, -0.15) is 5.10 Å². The number of ether oxygens (including phenoxy) is 2. The fourth-order valence-corrected chi connectivity index (χ4v) is 2.07. The Kier molecular flexibility index (Phi) is 7.30. The fourth-order valence-electron chi connectivity index (χ4n) is 2.07. The van der Waals surface area contributed by atoms with Crippen molar-refractivity contribution in [1.82, 2.24) is 5.43 Å². The van der Waals surface area contributed by atoms with Crippen molar-refractivity contribution in [2.45, 2.75) is 19.8 Å². The summed E-state index contributed by atoms with van der Waals surface area (Å²) >= 11 is 0. The molecule has 2 rings (SSSR count). The molecule has 0 spiro atoms. The number of benzene rings is 2. The number of methoxy groups -OCH3 is 1. The number of aromatic hydroxyl groups is 1. The highest BCUT2D eigenvalue weighted by molar-refractivity contribution is 5.90. The highest BCUT2D eigenvalue weighted by Gasteiger charge is 2.02. The van der Waals surface area contributed by atoms with Gasteiger partial charge in [-0.1, -0.05) is 13.3 Å². The lowest BCUT2D eigenvalue weighted by Crippen LogP contribution is -2.24. The molecule has 138 valence electrons. The predicted octanol–water partition coefficient (Wildman–Crippen LogP) is 3.74. The first-order chi connectivity index (χ1) is 12.6. The molecule has 0 saturated carbocycles. The molecular formula is C19H23N3O4. The molecule has 0 radical (unpaired) electrons. The number of nitrogens with zero attached hydrogens (tertiary/aromatic N) is 1. The lowest BCUT2D eigenvalue weighted by Gasteiger charge is -2.07. The van der Waals surface area contributed by atoms with Gasteiger partial charge in [0.25, 0.3) is 0 Å². The zero-order chi connectivity index (χ0) is 18.8. The van der Waals surface area contributed by atoms with Crippen LogP contribution in [0, 0.1) is 0 Å². The standard InChI is InChI=1S/C19H23N3O4/c1-3-4-11-26-16-8-6-15(7-9-16)21-19(24)22-20-13-14-5-10-17(23)18(12-14)25-2/h5-10,12-13,23H,3-4,11H2,1-2H3,(H2,21,22,24). The van der Waals surface area contributed by atoms with Crippen LogP contribution in [-0.4, -0.2) is 31.1 Å². The number of nitrogens with one attached hydrogen (secondary N) is 2. The van der Waals surface area contributed by atoms with E-state index in [9.17, 15) is 9.90 Å². The topological polar surface area (TPSA) is 92.2 Å². The smallest absolute Gasteiger partial charge is 0.339 e. The maximum Gasteiger partial charge on any atom is 0.339 e. The van der Waals surface area contributed by atoms with E-state index in [2.05, 4.69) is 22.8 Å². The zero-order valence-corrected chi connectivity index (χ0v) is 14.9. The van der Waals surface area contributed by atoms with Crippen LogP contribution in [-0.2, 0) is 0 Å². The number of hydrazone groups is 1. The fraction of sp³-hybridized carbons (Fsp3) is 0.263. The Hall–Kier alpha value is -3.22. The van der Waals surface area contributed by atoms with Crippen LogP contribution >= 0.6 is 0 Å². The predicted molar refractivity (Wildman–Crippen MR) is 101 cm³/mol. The molecule has 3 N–H and O–H groups in total. The third-order valence-electron chi connectivity index (χ3n) is 3.46. The number of hydrogen-bond acceptors (Lipinski definition) is 5. The Morgan fingerprint density at radius 3 is 2.69 bits per heavy atom. The number of rotatable bonds is 8. The van der Waals surface area contributed by atoms with Crippen LogP contribution in [0.5, 0.6) is 17.2 Å². The monoisotopic (exact) mass is 357 g/mol. The molecular weight excluding hydrogens is 334 g/mol. The Labute approximate surface area is 152 Å². The summed E-state index contributed by atoms with van der Waals surface area (Å²) in [5.74, 6) is 1.14. The van der Waals surface area contributed by atoms with Gasteiger partial charge in [-0.25, -0.2) is 10.2 Å². The van der Waals surface area contributed by atoms with E-state index in [4.69, 9.17) is 9.47 Å². The molecule has 0 heterocycles. The second-order valence-electron chi connectivity index (χ2n) is 5.48. The first-order valence-electron chi connectivity index (χ1n) is 8.32. The molecule has 0 saturated heterocycles. The van der Waals surface area contributed by atoms with Crippen LogP contribution in [0.25, 0.3) is 0 Å². The van der Waals surface area contributed by atoms with E-state index in [1.54, 1.807) is 36.4 Å². The van der Waals surface area contributed by atoms with Gasteiger partial charge in [0.05, 0.1) is 19.9 Å². The highest BCUT2D eigenvalue weighted by atomic mass is 16.5. The van der Waals surface area contributed by atoms with Crippen molar-refractivity contribution in [1.29, 1.82) is 0 Å². The van der Waals surface area contributed by atoms with Crippen LogP contribution in [0.15, 0.2) is 47.6 Å². The lowest BCUT2D eigenvalue weighted by molar-refractivity contribution is 0.252. The number of urea groups is 1. The normalized spacial score (nSPS) is 10.5. The van der Waals surface area contributed by atoms with Crippen molar-refractivity contribution in [2.75, 3.05) is 19.0 Å². The first-order valence-corrected chi connectivity index (χ1v) is 8.32. The third-order valence-corrected chi connectivity index (χ3v) is 3.46. The second-order valence-corrected chi connectivity index (χ2v) is 5.48. The van der Waals surface area contributed by atoms with Crippen LogP contribution in [0.1, 0.15) is 25.3 Å². The van der Waals surface area contributed by atoms with E-state index in [-0.39, 0.29) is 5.75 Å². The van der Waals surface area contributed by atoms with Gasteiger partial charge in [-0.05, 0) is 54.4 Å². The maximum atomic E-state index is 11.8. The molecule has 0 aliphatic heterocycles. The average molecular weight is 357 g/mol. The van der Waals surface area contributed by atoms with Crippen molar-refractivity contribution < 1.29 is 19.4 Å². The number of unbranched alkanes of at least 4 members (excludes halogenated alkanes) is 1. The number of carbonyl (C=O) groups excluding carboxylic acids is 1. The molecule has 0 atom stereocenters. The minimum atomic E-state index is -0.466. The minimum Gasteiger partial charge on any atom is -0.504 e. The van der Waals surface area contributed by atoms with Crippen molar-refractivity contribution in [3.63, 3.8) is 0 Å². The van der Waals surface area contributed by atoms with Gasteiger partial charge < -0.3 is 19.9 Å². The van der Waals surface area contributed by atoms with Gasteiger partial charge in [0.15, 0.2) is 11.5 Å². The van der Waals surface area contributed by atoms with E-state index >= 15 is 0 Å². The summed E-state index contributed by atoms with van der Waals surface area (Å²) in [5.41, 5.74) is 3.68. The van der Waals surface area contributed by atoms with Gasteiger partial charge >= 0.3 is 6.03 Å². The van der Waals surface area contributed by atoms with Crippen molar-refractivity contribution in [3.05, 3.63) is 48.0 Å². The molecule has 0 aliphatic carbocycles. The molecule has 7 heteroatoms. The summed E-state index contributed by atoms with van der Waals surface area (Å²) in [5, 5.41) is 16.1. The molecule has 2 aromatic rings. The number of anilines is 1. The molecule has 0 fully saturated rings. The van der Waals surface area contributed by atoms with Crippen molar-refractivity contribution >= 4 is 17.9 Å². The summed E-state index contributed by atoms with van der Waals surface area (Å²) in [6.45, 7) is 2.79. The van der Waals surface area contributed by atoms with Crippen LogP contribution < -0.4 is 20.2 Å². The highest BCUT2D eigenvalue weighted by Crippen LogP contribution is 2.25.